The summed E-state index contributed by atoms with van der Waals surface area (Å²) < 4.78 is 0. The van der Waals surface area contributed by atoms with Crippen molar-refractivity contribution in [3.8, 4) is 0 Å². The van der Waals surface area contributed by atoms with Gasteiger partial charge in [-0.1, -0.05) is 36.4 Å². The number of carbonyl (C=O) groups excluding carboxylic acids is 1. The fourth-order valence-electron chi connectivity index (χ4n) is 3.29. The number of aromatic nitrogens is 1. The molecule has 3 rings (SSSR count). The van der Waals surface area contributed by atoms with Crippen LogP contribution in [-0.2, 0) is 11.2 Å². The number of ketones is 1. The molecule has 1 saturated carbocycles. The average Bonchev–Trinajstić information content (AvgIpc) is 2.56. The third kappa shape index (κ3) is 3.57. The molecule has 2 nitrogen and oxygen atoms in total. The number of aryl methyl sites for hydroxylation is 1. The van der Waals surface area contributed by atoms with Crippen molar-refractivity contribution in [3.05, 3.63) is 66.0 Å². The highest BCUT2D eigenvalue weighted by Crippen LogP contribution is 2.36. The lowest BCUT2D eigenvalue weighted by Gasteiger charge is -2.28. The Bertz CT molecular complexity index is 579. The van der Waals surface area contributed by atoms with E-state index in [4.69, 9.17) is 0 Å². The molecule has 2 aromatic rings. The number of nitrogens with zero attached hydrogens (tertiary/aromatic N) is 1. The fraction of sp³-hybridized carbons (Fsp3) is 0.368. The van der Waals surface area contributed by atoms with E-state index in [9.17, 15) is 4.79 Å². The molecule has 0 saturated heterocycles. The number of hydrogen-bond donors (Lipinski definition) is 0. The Labute approximate surface area is 126 Å². The molecule has 21 heavy (non-hydrogen) atoms. The highest BCUT2D eigenvalue weighted by atomic mass is 16.1. The molecule has 2 unspecified atom stereocenters. The molecule has 1 aliphatic rings. The van der Waals surface area contributed by atoms with Gasteiger partial charge in [-0.3, -0.25) is 9.78 Å². The Balaban J connectivity index is 1.63. The summed E-state index contributed by atoms with van der Waals surface area (Å²) in [7, 11) is 0. The van der Waals surface area contributed by atoms with Crippen LogP contribution in [0.25, 0.3) is 0 Å². The zero-order valence-electron chi connectivity index (χ0n) is 12.2. The number of carbonyl (C=O) groups is 1. The second-order valence-electron chi connectivity index (χ2n) is 5.90. The van der Waals surface area contributed by atoms with Crippen molar-refractivity contribution in [2.75, 3.05) is 0 Å². The second kappa shape index (κ2) is 6.66. The molecule has 2 atom stereocenters. The molecule has 0 spiro atoms. The first-order chi connectivity index (χ1) is 10.3. The SMILES string of the molecule is O=C1CCC(c2ccccc2)CC1CCc1ccccn1. The lowest BCUT2D eigenvalue weighted by Crippen LogP contribution is -2.24. The smallest absolute Gasteiger partial charge is 0.136 e. The highest BCUT2D eigenvalue weighted by Gasteiger charge is 2.29. The predicted molar refractivity (Wildman–Crippen MR) is 84.1 cm³/mol. The first-order valence-corrected chi connectivity index (χ1v) is 7.80. The number of benzene rings is 1. The van der Waals surface area contributed by atoms with E-state index < -0.39 is 0 Å². The van der Waals surface area contributed by atoms with Gasteiger partial charge in [-0.2, -0.15) is 0 Å². The minimum atomic E-state index is 0.200. The Kier molecular flexibility index (Phi) is 4.44. The maximum absolute atomic E-state index is 12.2. The molecule has 0 aliphatic heterocycles. The van der Waals surface area contributed by atoms with Gasteiger partial charge < -0.3 is 0 Å². The van der Waals surface area contributed by atoms with E-state index in [1.165, 1.54) is 5.56 Å². The van der Waals surface area contributed by atoms with Gasteiger partial charge in [0.2, 0.25) is 0 Å². The average molecular weight is 279 g/mol. The van der Waals surface area contributed by atoms with E-state index in [2.05, 4.69) is 35.3 Å². The number of pyridine rings is 1. The lowest BCUT2D eigenvalue weighted by atomic mass is 9.75. The van der Waals surface area contributed by atoms with E-state index in [0.29, 0.717) is 11.7 Å². The van der Waals surface area contributed by atoms with Gasteiger partial charge in [-0.15, -0.1) is 0 Å². The Morgan fingerprint density at radius 3 is 2.62 bits per heavy atom. The fourth-order valence-corrected chi connectivity index (χ4v) is 3.29. The van der Waals surface area contributed by atoms with E-state index in [-0.39, 0.29) is 5.92 Å². The summed E-state index contributed by atoms with van der Waals surface area (Å²) >= 11 is 0. The quantitative estimate of drug-likeness (QED) is 0.841. The number of Topliss-reactive ketones (excluding diaryl/α,β-unsaturated/α-hetero) is 1. The molecular formula is C19H21NO. The minimum Gasteiger partial charge on any atom is -0.299 e. The van der Waals surface area contributed by atoms with Crippen LogP contribution in [0.2, 0.25) is 0 Å². The molecule has 0 bridgehead atoms. The van der Waals surface area contributed by atoms with Gasteiger partial charge >= 0.3 is 0 Å². The van der Waals surface area contributed by atoms with Gasteiger partial charge in [0.25, 0.3) is 0 Å². The summed E-state index contributed by atoms with van der Waals surface area (Å²) in [5, 5.41) is 0. The minimum absolute atomic E-state index is 0.200. The van der Waals surface area contributed by atoms with E-state index >= 15 is 0 Å². The van der Waals surface area contributed by atoms with Crippen molar-refractivity contribution >= 4 is 5.78 Å². The highest BCUT2D eigenvalue weighted by molar-refractivity contribution is 5.82. The summed E-state index contributed by atoms with van der Waals surface area (Å²) in [6.45, 7) is 0. The van der Waals surface area contributed by atoms with Gasteiger partial charge in [-0.25, -0.2) is 0 Å². The molecule has 1 aromatic heterocycles. The molecule has 0 amide bonds. The third-order valence-electron chi connectivity index (χ3n) is 4.51. The van der Waals surface area contributed by atoms with E-state index in [0.717, 1.165) is 37.8 Å². The van der Waals surface area contributed by atoms with Crippen molar-refractivity contribution in [1.29, 1.82) is 0 Å². The van der Waals surface area contributed by atoms with Crippen LogP contribution in [-0.4, -0.2) is 10.8 Å². The van der Waals surface area contributed by atoms with Gasteiger partial charge in [0.05, 0.1) is 0 Å². The summed E-state index contributed by atoms with van der Waals surface area (Å²) in [5.41, 5.74) is 2.47. The van der Waals surface area contributed by atoms with Crippen LogP contribution in [0.4, 0.5) is 0 Å². The molecule has 1 fully saturated rings. The van der Waals surface area contributed by atoms with Crippen molar-refractivity contribution in [1.82, 2.24) is 4.98 Å². The van der Waals surface area contributed by atoms with Gasteiger partial charge in [0.15, 0.2) is 0 Å². The first kappa shape index (κ1) is 14.0. The normalized spacial score (nSPS) is 22.2. The Morgan fingerprint density at radius 1 is 1.05 bits per heavy atom. The molecule has 108 valence electrons. The zero-order valence-corrected chi connectivity index (χ0v) is 12.2. The summed E-state index contributed by atoms with van der Waals surface area (Å²) in [4.78, 5) is 16.5. The summed E-state index contributed by atoms with van der Waals surface area (Å²) in [6, 6.07) is 16.6. The van der Waals surface area contributed by atoms with E-state index in [1.807, 2.05) is 24.4 Å². The predicted octanol–water partition coefficient (Wildman–Crippen LogP) is 4.17. The van der Waals surface area contributed by atoms with Crippen LogP contribution >= 0.6 is 0 Å². The Hall–Kier alpha value is -1.96. The molecular weight excluding hydrogens is 258 g/mol. The van der Waals surface area contributed by atoms with E-state index in [1.54, 1.807) is 0 Å². The van der Waals surface area contributed by atoms with Gasteiger partial charge in [0, 0.05) is 24.2 Å². The molecule has 0 radical (unpaired) electrons. The lowest BCUT2D eigenvalue weighted by molar-refractivity contribution is -0.125. The third-order valence-corrected chi connectivity index (χ3v) is 4.51. The van der Waals surface area contributed by atoms with Crippen LogP contribution in [0, 0.1) is 5.92 Å². The molecule has 2 heteroatoms. The van der Waals surface area contributed by atoms with Crippen LogP contribution in [0.1, 0.15) is 42.9 Å². The topological polar surface area (TPSA) is 30.0 Å². The zero-order chi connectivity index (χ0) is 14.5. The maximum atomic E-state index is 12.2. The van der Waals surface area contributed by atoms with Crippen LogP contribution in [0.5, 0.6) is 0 Å². The summed E-state index contributed by atoms with van der Waals surface area (Å²) in [5.74, 6) is 1.18. The van der Waals surface area contributed by atoms with Crippen LogP contribution in [0.15, 0.2) is 54.7 Å². The second-order valence-corrected chi connectivity index (χ2v) is 5.90. The van der Waals surface area contributed by atoms with Crippen molar-refractivity contribution in [2.45, 2.75) is 38.0 Å². The first-order valence-electron chi connectivity index (χ1n) is 7.80. The van der Waals surface area contributed by atoms with Crippen molar-refractivity contribution < 1.29 is 4.79 Å². The molecule has 1 heterocycles. The number of hydrogen-bond acceptors (Lipinski definition) is 2. The van der Waals surface area contributed by atoms with Crippen molar-refractivity contribution in [3.63, 3.8) is 0 Å². The van der Waals surface area contributed by atoms with Crippen LogP contribution < -0.4 is 0 Å². The molecule has 0 N–H and O–H groups in total. The maximum Gasteiger partial charge on any atom is 0.136 e. The monoisotopic (exact) mass is 279 g/mol. The standard InChI is InChI=1S/C19H21NO/c21-19-12-10-16(15-6-2-1-3-7-15)14-17(19)9-11-18-8-4-5-13-20-18/h1-8,13,16-17H,9-12,14H2. The van der Waals surface area contributed by atoms with Crippen molar-refractivity contribution in [2.24, 2.45) is 5.92 Å². The molecule has 1 aromatic carbocycles. The van der Waals surface area contributed by atoms with Gasteiger partial charge in [0.1, 0.15) is 5.78 Å². The molecule has 1 aliphatic carbocycles. The van der Waals surface area contributed by atoms with Crippen LogP contribution in [0.3, 0.4) is 0 Å². The Morgan fingerprint density at radius 2 is 1.86 bits per heavy atom. The number of rotatable bonds is 4. The van der Waals surface area contributed by atoms with Gasteiger partial charge in [-0.05, 0) is 49.3 Å². The largest absolute Gasteiger partial charge is 0.299 e. The summed E-state index contributed by atoms with van der Waals surface area (Å²) in [6.07, 6.45) is 6.38.